The normalized spacial score (nSPS) is 17.6. The van der Waals surface area contributed by atoms with E-state index in [2.05, 4.69) is 42.8 Å². The summed E-state index contributed by atoms with van der Waals surface area (Å²) < 4.78 is 0. The zero-order chi connectivity index (χ0) is 21.9. The maximum atomic E-state index is 13.7. The topological polar surface area (TPSA) is 77.0 Å². The van der Waals surface area contributed by atoms with Crippen LogP contribution in [0.4, 0.5) is 5.69 Å². The van der Waals surface area contributed by atoms with Crippen molar-refractivity contribution >= 4 is 34.4 Å². The lowest BCUT2D eigenvalue weighted by Gasteiger charge is -2.36. The molecule has 1 fully saturated rings. The summed E-state index contributed by atoms with van der Waals surface area (Å²) in [6.07, 6.45) is 3.34. The van der Waals surface area contributed by atoms with Crippen LogP contribution in [0.5, 0.6) is 0 Å². The molecule has 3 aromatic rings. The van der Waals surface area contributed by atoms with Crippen molar-refractivity contribution in [1.82, 2.24) is 4.98 Å². The van der Waals surface area contributed by atoms with Crippen LogP contribution in [0, 0.1) is 5.41 Å². The number of fused-ring (bicyclic) bond motifs is 4. The lowest BCUT2D eigenvalue weighted by molar-refractivity contribution is -0.119. The second-order valence-electron chi connectivity index (χ2n) is 9.18. The van der Waals surface area contributed by atoms with Crippen LogP contribution in [-0.4, -0.2) is 35.9 Å². The van der Waals surface area contributed by atoms with Gasteiger partial charge in [0.25, 0.3) is 0 Å². The second-order valence-corrected chi connectivity index (χ2v) is 9.18. The molecule has 2 heterocycles. The minimum atomic E-state index is -0.366. The zero-order valence-corrected chi connectivity index (χ0v) is 18.3. The van der Waals surface area contributed by atoms with Crippen molar-refractivity contribution < 1.29 is 9.59 Å². The maximum absolute atomic E-state index is 13.7. The van der Waals surface area contributed by atoms with Crippen molar-refractivity contribution in [3.05, 3.63) is 63.8 Å². The van der Waals surface area contributed by atoms with Crippen molar-refractivity contribution in [3.8, 4) is 0 Å². The van der Waals surface area contributed by atoms with Gasteiger partial charge in [0.15, 0.2) is 5.78 Å². The summed E-state index contributed by atoms with van der Waals surface area (Å²) in [4.78, 5) is 31.3. The summed E-state index contributed by atoms with van der Waals surface area (Å²) in [7, 11) is 0. The van der Waals surface area contributed by atoms with Crippen LogP contribution in [-0.2, 0) is 16.6 Å². The molecule has 0 unspecified atom stereocenters. The van der Waals surface area contributed by atoms with Gasteiger partial charge in [-0.3, -0.25) is 9.59 Å². The number of benzene rings is 2. The van der Waals surface area contributed by atoms with Crippen LogP contribution in [0.25, 0.3) is 10.9 Å². The van der Waals surface area contributed by atoms with Gasteiger partial charge in [0.2, 0.25) is 0 Å². The Morgan fingerprint density at radius 1 is 1.13 bits per heavy atom. The number of nitrogens with one attached hydrogen (secondary N) is 2. The molecule has 5 nitrogen and oxygen atoms in total. The van der Waals surface area contributed by atoms with Gasteiger partial charge in [-0.1, -0.05) is 32.9 Å². The average Bonchev–Trinajstić information content (AvgIpc) is 3.17. The third-order valence-corrected chi connectivity index (χ3v) is 7.02. The van der Waals surface area contributed by atoms with Gasteiger partial charge in [-0.05, 0) is 41.3 Å². The number of hydrogen-bond donors (Lipinski definition) is 2. The number of aryl methyl sites for hydroxylation is 1. The molecule has 158 valence electrons. The number of H-pyrrole nitrogens is 1. The van der Waals surface area contributed by atoms with Gasteiger partial charge in [0.1, 0.15) is 5.78 Å². The van der Waals surface area contributed by atoms with Crippen LogP contribution in [0.1, 0.15) is 71.9 Å². The third kappa shape index (κ3) is 2.87. The Labute approximate surface area is 182 Å². The van der Waals surface area contributed by atoms with Crippen LogP contribution in [0.2, 0.25) is 0 Å². The Hall–Kier alpha value is -3.21. The van der Waals surface area contributed by atoms with Crippen molar-refractivity contribution in [2.75, 3.05) is 18.0 Å². The summed E-state index contributed by atoms with van der Waals surface area (Å²) in [5.74, 6) is 0.392. The third-order valence-electron chi connectivity index (χ3n) is 7.02. The Morgan fingerprint density at radius 2 is 1.87 bits per heavy atom. The largest absolute Gasteiger partial charge is 0.370 e. The van der Waals surface area contributed by atoms with E-state index in [1.165, 1.54) is 6.21 Å². The maximum Gasteiger partial charge on any atom is 0.195 e. The molecular formula is C26H27N3O2. The minimum Gasteiger partial charge on any atom is -0.370 e. The first-order chi connectivity index (χ1) is 14.8. The van der Waals surface area contributed by atoms with E-state index in [4.69, 9.17) is 5.41 Å². The number of anilines is 1. The zero-order valence-electron chi connectivity index (χ0n) is 18.3. The number of carbonyl (C=O) groups is 2. The SMILES string of the molecule is CCc1cc2c(cc1N1CCC(=O)CC1)C(C)(C)c1[nH]c3cc(C=N)ccc3c1C2=O. The molecule has 31 heavy (non-hydrogen) atoms. The number of rotatable bonds is 3. The molecule has 1 saturated heterocycles. The number of aromatic amines is 1. The van der Waals surface area contributed by atoms with Crippen molar-refractivity contribution in [2.24, 2.45) is 0 Å². The molecule has 0 bridgehead atoms. The molecule has 5 rings (SSSR count). The summed E-state index contributed by atoms with van der Waals surface area (Å²) >= 11 is 0. The van der Waals surface area contributed by atoms with E-state index in [1.807, 2.05) is 18.2 Å². The molecular weight excluding hydrogens is 386 g/mol. The molecule has 1 aliphatic carbocycles. The molecule has 1 aliphatic heterocycles. The predicted molar refractivity (Wildman–Crippen MR) is 124 cm³/mol. The van der Waals surface area contributed by atoms with Crippen molar-refractivity contribution in [1.29, 1.82) is 5.41 Å². The fourth-order valence-corrected chi connectivity index (χ4v) is 5.19. The molecule has 0 amide bonds. The van der Waals surface area contributed by atoms with Crippen LogP contribution in [0.15, 0.2) is 30.3 Å². The van der Waals surface area contributed by atoms with Gasteiger partial charge in [-0.25, -0.2) is 0 Å². The Kier molecular flexibility index (Phi) is 4.40. The van der Waals surface area contributed by atoms with E-state index >= 15 is 0 Å². The van der Waals surface area contributed by atoms with Crippen molar-refractivity contribution in [2.45, 2.75) is 45.4 Å². The molecule has 0 spiro atoms. The summed E-state index contributed by atoms with van der Waals surface area (Å²) in [5, 5.41) is 8.47. The summed E-state index contributed by atoms with van der Waals surface area (Å²) in [6.45, 7) is 7.93. The lowest BCUT2D eigenvalue weighted by atomic mass is 9.70. The number of hydrogen-bond acceptors (Lipinski definition) is 4. The van der Waals surface area contributed by atoms with Gasteiger partial charge >= 0.3 is 0 Å². The second kappa shape index (κ2) is 6.91. The molecule has 0 saturated carbocycles. The van der Waals surface area contributed by atoms with E-state index < -0.39 is 0 Å². The first-order valence-electron chi connectivity index (χ1n) is 11.0. The Bertz CT molecular complexity index is 1260. The van der Waals surface area contributed by atoms with E-state index in [0.717, 1.165) is 69.6 Å². The number of ketones is 2. The van der Waals surface area contributed by atoms with Gasteiger partial charge in [-0.15, -0.1) is 0 Å². The van der Waals surface area contributed by atoms with Gasteiger partial charge < -0.3 is 15.3 Å². The molecule has 0 atom stereocenters. The highest BCUT2D eigenvalue weighted by Crippen LogP contribution is 2.45. The van der Waals surface area contributed by atoms with Gasteiger partial charge in [-0.2, -0.15) is 0 Å². The highest BCUT2D eigenvalue weighted by molar-refractivity contribution is 6.20. The number of carbonyl (C=O) groups excluding carboxylic acids is 2. The molecule has 0 radical (unpaired) electrons. The number of Topliss-reactive ketones (excluding diaryl/α,β-unsaturated/α-hetero) is 1. The fourth-order valence-electron chi connectivity index (χ4n) is 5.19. The lowest BCUT2D eigenvalue weighted by Crippen LogP contribution is -2.36. The molecule has 2 N–H and O–H groups in total. The van der Waals surface area contributed by atoms with Gasteiger partial charge in [0.05, 0.1) is 5.56 Å². The highest BCUT2D eigenvalue weighted by Gasteiger charge is 2.40. The predicted octanol–water partition coefficient (Wildman–Crippen LogP) is 4.77. The highest BCUT2D eigenvalue weighted by atomic mass is 16.1. The van der Waals surface area contributed by atoms with Crippen LogP contribution < -0.4 is 4.90 Å². The summed E-state index contributed by atoms with van der Waals surface area (Å²) in [6, 6.07) is 10.0. The van der Waals surface area contributed by atoms with Gasteiger partial charge in [0, 0.05) is 65.4 Å². The van der Waals surface area contributed by atoms with E-state index in [1.54, 1.807) is 0 Å². The molecule has 5 heteroatoms. The smallest absolute Gasteiger partial charge is 0.195 e. The molecule has 2 aliphatic rings. The van der Waals surface area contributed by atoms with Crippen LogP contribution in [0.3, 0.4) is 0 Å². The number of piperidine rings is 1. The first kappa shape index (κ1) is 19.7. The minimum absolute atomic E-state index is 0.0632. The standard InChI is InChI=1S/C26H27N3O2/c1-4-16-12-19-20(13-22(16)29-9-7-17(30)8-10-29)26(2,3)25-23(24(19)31)18-6-5-15(14-27)11-21(18)28-25/h5-6,11-14,27-28H,4,7-10H2,1-3H3. The monoisotopic (exact) mass is 413 g/mol. The van der Waals surface area contributed by atoms with E-state index in [0.29, 0.717) is 18.6 Å². The van der Waals surface area contributed by atoms with E-state index in [9.17, 15) is 9.59 Å². The van der Waals surface area contributed by atoms with Crippen molar-refractivity contribution in [3.63, 3.8) is 0 Å². The number of nitrogens with zero attached hydrogens (tertiary/aromatic N) is 1. The quantitative estimate of drug-likeness (QED) is 0.608. The Morgan fingerprint density at radius 3 is 2.55 bits per heavy atom. The average molecular weight is 414 g/mol. The Balaban J connectivity index is 1.70. The molecule has 1 aromatic heterocycles. The van der Waals surface area contributed by atoms with Crippen LogP contribution >= 0.6 is 0 Å². The first-order valence-corrected chi connectivity index (χ1v) is 11.0. The summed E-state index contributed by atoms with van der Waals surface area (Å²) in [5.41, 5.74) is 7.15. The molecule has 2 aromatic carbocycles. The number of aromatic nitrogens is 1. The van der Waals surface area contributed by atoms with E-state index in [-0.39, 0.29) is 11.2 Å². The fraction of sp³-hybridized carbons (Fsp3) is 0.346.